The molecule has 0 spiro atoms. The zero-order chi connectivity index (χ0) is 18.0. The lowest BCUT2D eigenvalue weighted by atomic mass is 10.2. The second-order valence-corrected chi connectivity index (χ2v) is 7.42. The molecule has 1 fully saturated rings. The number of benzene rings is 1. The van der Waals surface area contributed by atoms with Crippen LogP contribution < -0.4 is 5.32 Å². The van der Waals surface area contributed by atoms with Crippen molar-refractivity contribution in [3.05, 3.63) is 35.6 Å². The molecule has 1 saturated heterocycles. The van der Waals surface area contributed by atoms with Gasteiger partial charge in [0.05, 0.1) is 12.6 Å². The molecule has 1 amide bonds. The van der Waals surface area contributed by atoms with Crippen LogP contribution in [0.15, 0.2) is 29.3 Å². The first-order valence-electron chi connectivity index (χ1n) is 8.59. The van der Waals surface area contributed by atoms with Crippen molar-refractivity contribution >= 4 is 12.1 Å². The number of piperazine rings is 1. The van der Waals surface area contributed by atoms with Crippen LogP contribution in [0.1, 0.15) is 26.3 Å². The van der Waals surface area contributed by atoms with Crippen molar-refractivity contribution in [3.8, 4) is 0 Å². The van der Waals surface area contributed by atoms with Crippen LogP contribution in [-0.2, 0) is 11.3 Å². The zero-order valence-corrected chi connectivity index (χ0v) is 15.0. The van der Waals surface area contributed by atoms with Crippen molar-refractivity contribution in [2.24, 2.45) is 4.99 Å². The summed E-state index contributed by atoms with van der Waals surface area (Å²) >= 11 is 0. The number of halogens is 1. The van der Waals surface area contributed by atoms with Gasteiger partial charge in [0.2, 0.25) is 0 Å². The lowest BCUT2D eigenvalue weighted by molar-refractivity contribution is 0.0137. The number of nitrogens with zero attached hydrogens (tertiary/aromatic N) is 3. The standard InChI is InChI=1S/C18H25FN4O2/c1-18(2,3)25-17(24)22-7-8-23-15(12-22)11-21-16(23)20-10-13-5-4-6-14(19)9-13/h4-6,9,15H,7-8,10-12H2,1-3H3,(H,20,21). The highest BCUT2D eigenvalue weighted by Gasteiger charge is 2.36. The Balaban J connectivity index is 1.53. The van der Waals surface area contributed by atoms with Crippen LogP contribution in [0.4, 0.5) is 9.18 Å². The van der Waals surface area contributed by atoms with E-state index < -0.39 is 5.60 Å². The first-order chi connectivity index (χ1) is 11.8. The SMILES string of the molecule is CC(C)(C)OC(=O)N1CCN2C(NCc3cccc(F)c3)=NCC2C1. The predicted molar refractivity (Wildman–Crippen MR) is 93.8 cm³/mol. The third-order valence-electron chi connectivity index (χ3n) is 4.20. The molecule has 7 heteroatoms. The number of hydrogen-bond acceptors (Lipinski definition) is 5. The van der Waals surface area contributed by atoms with Gasteiger partial charge in [0, 0.05) is 26.2 Å². The van der Waals surface area contributed by atoms with E-state index in [1.54, 1.807) is 11.0 Å². The molecule has 0 radical (unpaired) electrons. The molecule has 2 aliphatic rings. The number of aliphatic imine (C=N–C) groups is 1. The van der Waals surface area contributed by atoms with Crippen LogP contribution in [0, 0.1) is 5.82 Å². The average Bonchev–Trinajstić information content (AvgIpc) is 2.93. The minimum atomic E-state index is -0.488. The van der Waals surface area contributed by atoms with Crippen molar-refractivity contribution in [1.82, 2.24) is 15.1 Å². The minimum Gasteiger partial charge on any atom is -0.444 e. The van der Waals surface area contributed by atoms with Gasteiger partial charge in [0.15, 0.2) is 5.96 Å². The van der Waals surface area contributed by atoms with Crippen molar-refractivity contribution in [1.29, 1.82) is 0 Å². The van der Waals surface area contributed by atoms with Crippen LogP contribution in [0.3, 0.4) is 0 Å². The maximum atomic E-state index is 13.3. The second kappa shape index (κ2) is 6.90. The number of guanidine groups is 1. The van der Waals surface area contributed by atoms with E-state index in [2.05, 4.69) is 15.2 Å². The summed E-state index contributed by atoms with van der Waals surface area (Å²) in [7, 11) is 0. The molecule has 0 bridgehead atoms. The number of fused-ring (bicyclic) bond motifs is 1. The fraction of sp³-hybridized carbons (Fsp3) is 0.556. The van der Waals surface area contributed by atoms with Gasteiger partial charge >= 0.3 is 6.09 Å². The summed E-state index contributed by atoms with van der Waals surface area (Å²) < 4.78 is 18.7. The molecule has 6 nitrogen and oxygen atoms in total. The molecule has 0 aliphatic carbocycles. The van der Waals surface area contributed by atoms with E-state index in [9.17, 15) is 9.18 Å². The molecule has 1 atom stereocenters. The fourth-order valence-corrected chi connectivity index (χ4v) is 3.05. The Bertz CT molecular complexity index is 671. The van der Waals surface area contributed by atoms with Crippen molar-refractivity contribution < 1.29 is 13.9 Å². The summed E-state index contributed by atoms with van der Waals surface area (Å²) in [6.45, 7) is 8.69. The Morgan fingerprint density at radius 2 is 2.20 bits per heavy atom. The Hall–Kier alpha value is -2.31. The van der Waals surface area contributed by atoms with E-state index in [4.69, 9.17) is 4.74 Å². The van der Waals surface area contributed by atoms with Crippen molar-refractivity contribution in [2.45, 2.75) is 39.0 Å². The smallest absolute Gasteiger partial charge is 0.410 e. The summed E-state index contributed by atoms with van der Waals surface area (Å²) in [6.07, 6.45) is -0.270. The normalized spacial score (nSPS) is 20.2. The Labute approximate surface area is 147 Å². The molecule has 1 aromatic rings. The molecule has 3 rings (SSSR count). The molecule has 1 N–H and O–H groups in total. The van der Waals surface area contributed by atoms with E-state index in [-0.39, 0.29) is 18.0 Å². The Kier molecular flexibility index (Phi) is 4.83. The molecular formula is C18H25FN4O2. The fourth-order valence-electron chi connectivity index (χ4n) is 3.05. The summed E-state index contributed by atoms with van der Waals surface area (Å²) in [5.74, 6) is 0.578. The monoisotopic (exact) mass is 348 g/mol. The topological polar surface area (TPSA) is 57.2 Å². The lowest BCUT2D eigenvalue weighted by Crippen LogP contribution is -2.57. The van der Waals surface area contributed by atoms with E-state index in [1.807, 2.05) is 26.8 Å². The third kappa shape index (κ3) is 4.41. The van der Waals surface area contributed by atoms with Crippen LogP contribution >= 0.6 is 0 Å². The van der Waals surface area contributed by atoms with Gasteiger partial charge in [0.25, 0.3) is 0 Å². The van der Waals surface area contributed by atoms with Crippen molar-refractivity contribution in [2.75, 3.05) is 26.2 Å². The molecule has 136 valence electrons. The van der Waals surface area contributed by atoms with Crippen LogP contribution in [-0.4, -0.2) is 59.7 Å². The van der Waals surface area contributed by atoms with Gasteiger partial charge in [-0.05, 0) is 38.5 Å². The maximum absolute atomic E-state index is 13.3. The Morgan fingerprint density at radius 1 is 1.40 bits per heavy atom. The number of ether oxygens (including phenoxy) is 1. The molecule has 1 aromatic carbocycles. The zero-order valence-electron chi connectivity index (χ0n) is 15.0. The summed E-state index contributed by atoms with van der Waals surface area (Å²) in [4.78, 5) is 20.7. The highest BCUT2D eigenvalue weighted by Crippen LogP contribution is 2.18. The van der Waals surface area contributed by atoms with Gasteiger partial charge in [-0.15, -0.1) is 0 Å². The third-order valence-corrected chi connectivity index (χ3v) is 4.20. The molecule has 1 unspecified atom stereocenters. The van der Waals surface area contributed by atoms with Gasteiger partial charge in [-0.25, -0.2) is 9.18 Å². The number of rotatable bonds is 2. The van der Waals surface area contributed by atoms with Crippen LogP contribution in [0.25, 0.3) is 0 Å². The molecule has 0 aromatic heterocycles. The molecule has 2 aliphatic heterocycles. The van der Waals surface area contributed by atoms with E-state index in [1.165, 1.54) is 12.1 Å². The summed E-state index contributed by atoms with van der Waals surface area (Å²) in [6, 6.07) is 6.69. The quantitative estimate of drug-likeness (QED) is 0.890. The highest BCUT2D eigenvalue weighted by atomic mass is 19.1. The number of carbonyl (C=O) groups is 1. The van der Waals surface area contributed by atoms with Gasteiger partial charge in [-0.3, -0.25) is 4.99 Å². The molecule has 0 saturated carbocycles. The first kappa shape index (κ1) is 17.5. The molecule has 2 heterocycles. The highest BCUT2D eigenvalue weighted by molar-refractivity contribution is 5.82. The number of amides is 1. The number of hydrogen-bond donors (Lipinski definition) is 1. The van der Waals surface area contributed by atoms with Crippen LogP contribution in [0.5, 0.6) is 0 Å². The number of nitrogens with one attached hydrogen (secondary N) is 1. The van der Waals surface area contributed by atoms with Gasteiger partial charge in [-0.1, -0.05) is 12.1 Å². The lowest BCUT2D eigenvalue weighted by Gasteiger charge is -2.39. The van der Waals surface area contributed by atoms with Gasteiger partial charge < -0.3 is 19.9 Å². The average molecular weight is 348 g/mol. The minimum absolute atomic E-state index is 0.163. The van der Waals surface area contributed by atoms with E-state index in [0.29, 0.717) is 32.7 Å². The van der Waals surface area contributed by atoms with E-state index in [0.717, 1.165) is 11.5 Å². The summed E-state index contributed by atoms with van der Waals surface area (Å²) in [5, 5.41) is 3.28. The van der Waals surface area contributed by atoms with Crippen LogP contribution in [0.2, 0.25) is 0 Å². The predicted octanol–water partition coefficient (Wildman–Crippen LogP) is 2.21. The van der Waals surface area contributed by atoms with Gasteiger partial charge in [-0.2, -0.15) is 0 Å². The second-order valence-electron chi connectivity index (χ2n) is 7.42. The largest absolute Gasteiger partial charge is 0.444 e. The summed E-state index contributed by atoms with van der Waals surface area (Å²) in [5.41, 5.74) is 0.386. The molecule has 25 heavy (non-hydrogen) atoms. The van der Waals surface area contributed by atoms with Gasteiger partial charge in [0.1, 0.15) is 11.4 Å². The number of carbonyl (C=O) groups excluding carboxylic acids is 1. The first-order valence-corrected chi connectivity index (χ1v) is 8.59. The Morgan fingerprint density at radius 3 is 2.92 bits per heavy atom. The van der Waals surface area contributed by atoms with Crippen molar-refractivity contribution in [3.63, 3.8) is 0 Å². The molecular weight excluding hydrogens is 323 g/mol. The van der Waals surface area contributed by atoms with E-state index >= 15 is 0 Å². The maximum Gasteiger partial charge on any atom is 0.410 e.